The topological polar surface area (TPSA) is 110 Å². The lowest BCUT2D eigenvalue weighted by molar-refractivity contribution is -0.145. The Balaban J connectivity index is 1.61. The Kier molecular flexibility index (Phi) is 10.3. The first-order valence-electron chi connectivity index (χ1n) is 11.8. The molecule has 0 spiro atoms. The van der Waals surface area contributed by atoms with Gasteiger partial charge in [0.25, 0.3) is 0 Å². The largest absolute Gasteiger partial charge is 0.493 e. The fourth-order valence-electron chi connectivity index (χ4n) is 3.89. The van der Waals surface area contributed by atoms with E-state index >= 15 is 0 Å². The molecule has 1 aromatic heterocycles. The van der Waals surface area contributed by atoms with Crippen molar-refractivity contribution in [2.45, 2.75) is 38.6 Å². The average molecular weight is 512 g/mol. The standard InChI is InChI=1S/C27H33N3O7/c1-33-23-12-10-20(25(34-2)26(23)35-3)11-13-24(31)29-22(27(32)36-4)14-21-15-28-17-30(21)18-37-16-19-8-6-5-7-9-19/h5-10,12,15,17,22H,11,13-14,16,18H2,1-4H3,(H,29,31)/t22-/m0/s1. The van der Waals surface area contributed by atoms with Crippen LogP contribution in [-0.4, -0.2) is 55.9 Å². The molecule has 37 heavy (non-hydrogen) atoms. The van der Waals surface area contributed by atoms with Crippen LogP contribution < -0.4 is 19.5 Å². The van der Waals surface area contributed by atoms with Crippen LogP contribution >= 0.6 is 0 Å². The lowest BCUT2D eigenvalue weighted by Crippen LogP contribution is -2.43. The summed E-state index contributed by atoms with van der Waals surface area (Å²) < 4.78 is 28.7. The summed E-state index contributed by atoms with van der Waals surface area (Å²) in [5.41, 5.74) is 2.55. The Morgan fingerprint density at radius 2 is 1.73 bits per heavy atom. The summed E-state index contributed by atoms with van der Waals surface area (Å²) in [7, 11) is 5.88. The van der Waals surface area contributed by atoms with Gasteiger partial charge in [0.1, 0.15) is 12.8 Å². The van der Waals surface area contributed by atoms with Gasteiger partial charge in [-0.2, -0.15) is 0 Å². The molecular formula is C27H33N3O7. The molecular weight excluding hydrogens is 478 g/mol. The summed E-state index contributed by atoms with van der Waals surface area (Å²) in [4.78, 5) is 29.4. The van der Waals surface area contributed by atoms with E-state index in [0.717, 1.165) is 16.8 Å². The van der Waals surface area contributed by atoms with Crippen LogP contribution in [0.15, 0.2) is 55.0 Å². The maximum absolute atomic E-state index is 12.8. The molecule has 0 unspecified atom stereocenters. The van der Waals surface area contributed by atoms with Gasteiger partial charge in [-0.1, -0.05) is 36.4 Å². The maximum atomic E-state index is 12.8. The van der Waals surface area contributed by atoms with Crippen LogP contribution in [0.1, 0.15) is 23.2 Å². The molecule has 198 valence electrons. The number of aryl methyl sites for hydroxylation is 1. The van der Waals surface area contributed by atoms with Crippen LogP contribution in [0.4, 0.5) is 0 Å². The first-order valence-corrected chi connectivity index (χ1v) is 11.8. The summed E-state index contributed by atoms with van der Waals surface area (Å²) >= 11 is 0. The van der Waals surface area contributed by atoms with Gasteiger partial charge in [-0.05, 0) is 23.6 Å². The van der Waals surface area contributed by atoms with Crippen molar-refractivity contribution in [2.75, 3.05) is 28.4 Å². The fourth-order valence-corrected chi connectivity index (χ4v) is 3.89. The number of hydrogen-bond donors (Lipinski definition) is 1. The van der Waals surface area contributed by atoms with Crippen LogP contribution in [0, 0.1) is 0 Å². The zero-order valence-corrected chi connectivity index (χ0v) is 21.6. The molecule has 3 aromatic rings. The molecule has 10 nitrogen and oxygen atoms in total. The van der Waals surface area contributed by atoms with E-state index in [1.807, 2.05) is 36.4 Å². The van der Waals surface area contributed by atoms with E-state index in [1.165, 1.54) is 21.3 Å². The minimum Gasteiger partial charge on any atom is -0.493 e. The fraction of sp³-hybridized carbons (Fsp3) is 0.370. The minimum absolute atomic E-state index is 0.124. The highest BCUT2D eigenvalue weighted by Gasteiger charge is 2.24. The van der Waals surface area contributed by atoms with Crippen molar-refractivity contribution < 1.29 is 33.3 Å². The third kappa shape index (κ3) is 7.47. The van der Waals surface area contributed by atoms with Crippen LogP contribution in [0.2, 0.25) is 0 Å². The van der Waals surface area contributed by atoms with E-state index in [9.17, 15) is 9.59 Å². The predicted octanol–water partition coefficient (Wildman–Crippen LogP) is 2.92. The summed E-state index contributed by atoms with van der Waals surface area (Å²) in [6, 6.07) is 12.5. The molecule has 0 aliphatic carbocycles. The second kappa shape index (κ2) is 13.9. The summed E-state index contributed by atoms with van der Waals surface area (Å²) in [5, 5.41) is 2.78. The van der Waals surface area contributed by atoms with Gasteiger partial charge in [0.05, 0.1) is 41.4 Å². The predicted molar refractivity (Wildman–Crippen MR) is 136 cm³/mol. The van der Waals surface area contributed by atoms with E-state index in [0.29, 0.717) is 30.3 Å². The summed E-state index contributed by atoms with van der Waals surface area (Å²) in [6.45, 7) is 0.695. The first-order chi connectivity index (χ1) is 18.0. The van der Waals surface area contributed by atoms with Crippen molar-refractivity contribution in [1.82, 2.24) is 14.9 Å². The third-order valence-corrected chi connectivity index (χ3v) is 5.78. The number of ether oxygens (including phenoxy) is 5. The number of nitrogens with one attached hydrogen (secondary N) is 1. The lowest BCUT2D eigenvalue weighted by atomic mass is 10.1. The molecule has 0 bridgehead atoms. The quantitative estimate of drug-likeness (QED) is 0.329. The molecule has 3 rings (SSSR count). The molecule has 1 heterocycles. The van der Waals surface area contributed by atoms with Crippen molar-refractivity contribution in [2.24, 2.45) is 0 Å². The van der Waals surface area contributed by atoms with Crippen molar-refractivity contribution in [1.29, 1.82) is 0 Å². The van der Waals surface area contributed by atoms with Gasteiger partial charge in [0, 0.05) is 24.7 Å². The van der Waals surface area contributed by atoms with Gasteiger partial charge < -0.3 is 33.6 Å². The van der Waals surface area contributed by atoms with E-state index in [2.05, 4.69) is 10.3 Å². The molecule has 10 heteroatoms. The second-order valence-corrected chi connectivity index (χ2v) is 8.16. The number of rotatable bonds is 14. The molecule has 0 saturated heterocycles. The highest BCUT2D eigenvalue weighted by Crippen LogP contribution is 2.40. The number of methoxy groups -OCH3 is 4. The molecule has 1 N–H and O–H groups in total. The monoisotopic (exact) mass is 511 g/mol. The summed E-state index contributed by atoms with van der Waals surface area (Å²) in [5.74, 6) is 0.632. The van der Waals surface area contributed by atoms with Crippen LogP contribution in [-0.2, 0) is 45.2 Å². The molecule has 1 atom stereocenters. The Hall–Kier alpha value is -4.05. The zero-order chi connectivity index (χ0) is 26.6. The normalized spacial score (nSPS) is 11.5. The lowest BCUT2D eigenvalue weighted by Gasteiger charge is -2.18. The number of esters is 1. The SMILES string of the molecule is COC(=O)[C@H](Cc1cncn1COCc1ccccc1)NC(=O)CCc1ccc(OC)c(OC)c1OC. The number of benzene rings is 2. The number of nitrogens with zero attached hydrogens (tertiary/aromatic N) is 2. The Morgan fingerprint density at radius 3 is 2.41 bits per heavy atom. The van der Waals surface area contributed by atoms with Gasteiger partial charge in [0.2, 0.25) is 11.7 Å². The van der Waals surface area contributed by atoms with Crippen molar-refractivity contribution in [3.63, 3.8) is 0 Å². The first kappa shape index (κ1) is 27.5. The highest BCUT2D eigenvalue weighted by atomic mass is 16.5. The van der Waals surface area contributed by atoms with Gasteiger partial charge in [-0.15, -0.1) is 0 Å². The molecule has 1 amide bonds. The smallest absolute Gasteiger partial charge is 0.328 e. The van der Waals surface area contributed by atoms with Crippen molar-refractivity contribution in [3.8, 4) is 17.2 Å². The highest BCUT2D eigenvalue weighted by molar-refractivity contribution is 5.84. The second-order valence-electron chi connectivity index (χ2n) is 8.16. The van der Waals surface area contributed by atoms with Crippen molar-refractivity contribution in [3.05, 3.63) is 71.8 Å². The van der Waals surface area contributed by atoms with Gasteiger partial charge >= 0.3 is 5.97 Å². The number of imidazole rings is 1. The van der Waals surface area contributed by atoms with Gasteiger partial charge in [0.15, 0.2) is 11.5 Å². The van der Waals surface area contributed by atoms with Gasteiger partial charge in [-0.25, -0.2) is 9.78 Å². The summed E-state index contributed by atoms with van der Waals surface area (Å²) in [6.07, 6.45) is 3.96. The Morgan fingerprint density at radius 1 is 0.973 bits per heavy atom. The molecule has 0 aliphatic rings. The number of aromatic nitrogens is 2. The molecule has 2 aromatic carbocycles. The maximum Gasteiger partial charge on any atom is 0.328 e. The van der Waals surface area contributed by atoms with Crippen molar-refractivity contribution >= 4 is 11.9 Å². The third-order valence-electron chi connectivity index (χ3n) is 5.78. The van der Waals surface area contributed by atoms with E-state index < -0.39 is 12.0 Å². The van der Waals surface area contributed by atoms with E-state index in [1.54, 1.807) is 30.3 Å². The van der Waals surface area contributed by atoms with Gasteiger partial charge in [-0.3, -0.25) is 4.79 Å². The molecule has 0 aliphatic heterocycles. The number of carbonyl (C=O) groups is 2. The zero-order valence-electron chi connectivity index (χ0n) is 21.6. The van der Waals surface area contributed by atoms with Crippen LogP contribution in [0.25, 0.3) is 0 Å². The molecule has 0 fully saturated rings. The number of carbonyl (C=O) groups excluding carboxylic acids is 2. The number of amides is 1. The Bertz CT molecular complexity index is 1160. The van der Waals surface area contributed by atoms with Crippen LogP contribution in [0.3, 0.4) is 0 Å². The average Bonchev–Trinajstić information content (AvgIpc) is 3.37. The van der Waals surface area contributed by atoms with E-state index in [4.69, 9.17) is 23.7 Å². The molecule has 0 saturated carbocycles. The number of hydrogen-bond acceptors (Lipinski definition) is 8. The van der Waals surface area contributed by atoms with Crippen LogP contribution in [0.5, 0.6) is 17.2 Å². The Labute approximate surface area is 216 Å². The molecule has 0 radical (unpaired) electrons. The van der Waals surface area contributed by atoms with E-state index in [-0.39, 0.29) is 25.5 Å². The minimum atomic E-state index is -0.880.